The molecule has 0 N–H and O–H groups in total. The molecule has 4 heteroatoms. The molecular formula is C15H16N4. The third-order valence-electron chi connectivity index (χ3n) is 2.29. The normalized spacial score (nSPS) is 11.7. The quantitative estimate of drug-likeness (QED) is 0.636. The first-order valence-electron chi connectivity index (χ1n) is 6.22. The van der Waals surface area contributed by atoms with Crippen LogP contribution in [0.3, 0.4) is 0 Å². The first-order valence-corrected chi connectivity index (χ1v) is 6.22. The molecule has 0 radical (unpaired) electrons. The van der Waals surface area contributed by atoms with E-state index in [9.17, 15) is 0 Å². The summed E-state index contributed by atoms with van der Waals surface area (Å²) in [5.74, 6) is 0. The van der Waals surface area contributed by atoms with Crippen molar-refractivity contribution in [2.24, 2.45) is 20.5 Å². The molecule has 0 fully saturated rings. The fraction of sp³-hybridized carbons (Fsp3) is 0.200. The Bertz CT molecular complexity index is 556. The second-order valence-electron chi connectivity index (χ2n) is 4.36. The summed E-state index contributed by atoms with van der Waals surface area (Å²) >= 11 is 0. The van der Waals surface area contributed by atoms with Gasteiger partial charge >= 0.3 is 0 Å². The van der Waals surface area contributed by atoms with Gasteiger partial charge < -0.3 is 0 Å². The molecule has 0 aromatic heterocycles. The van der Waals surface area contributed by atoms with Crippen molar-refractivity contribution >= 4 is 17.1 Å². The summed E-state index contributed by atoms with van der Waals surface area (Å²) in [5, 5.41) is 16.5. The van der Waals surface area contributed by atoms with Gasteiger partial charge in [-0.1, -0.05) is 18.2 Å². The number of benzene rings is 2. The van der Waals surface area contributed by atoms with Crippen LogP contribution in [0.5, 0.6) is 0 Å². The molecule has 0 bridgehead atoms. The maximum absolute atomic E-state index is 4.17. The molecule has 0 aliphatic rings. The zero-order valence-electron chi connectivity index (χ0n) is 11.1. The van der Waals surface area contributed by atoms with E-state index >= 15 is 0 Å². The van der Waals surface area contributed by atoms with Gasteiger partial charge in [-0.3, -0.25) is 0 Å². The standard InChI is InChI=1S/C15H16N4/c1-12(2)16-17-14-8-10-15(11-9-14)19-18-13-6-4-3-5-7-13/h3-12H,1-2H3. The Morgan fingerprint density at radius 2 is 1.11 bits per heavy atom. The van der Waals surface area contributed by atoms with Crippen LogP contribution < -0.4 is 0 Å². The minimum absolute atomic E-state index is 0.206. The molecule has 0 spiro atoms. The van der Waals surface area contributed by atoms with Gasteiger partial charge in [-0.2, -0.15) is 20.5 Å². The third-order valence-corrected chi connectivity index (χ3v) is 2.29. The Kier molecular flexibility index (Phi) is 4.50. The fourth-order valence-corrected chi connectivity index (χ4v) is 1.38. The largest absolute Gasteiger partial charge is 0.186 e. The molecule has 96 valence electrons. The summed E-state index contributed by atoms with van der Waals surface area (Å²) < 4.78 is 0. The lowest BCUT2D eigenvalue weighted by atomic mass is 10.3. The lowest BCUT2D eigenvalue weighted by Crippen LogP contribution is -1.83. The van der Waals surface area contributed by atoms with E-state index < -0.39 is 0 Å². The highest BCUT2D eigenvalue weighted by atomic mass is 15.1. The first kappa shape index (κ1) is 13.1. The summed E-state index contributed by atoms with van der Waals surface area (Å²) in [6.07, 6.45) is 0. The molecule has 0 unspecified atom stereocenters. The van der Waals surface area contributed by atoms with Crippen molar-refractivity contribution in [3.63, 3.8) is 0 Å². The Hall–Kier alpha value is -2.36. The van der Waals surface area contributed by atoms with E-state index in [2.05, 4.69) is 20.5 Å². The van der Waals surface area contributed by atoms with Gasteiger partial charge in [0.2, 0.25) is 0 Å². The number of rotatable bonds is 4. The van der Waals surface area contributed by atoms with Crippen LogP contribution in [0.15, 0.2) is 75.1 Å². The topological polar surface area (TPSA) is 49.4 Å². The molecule has 2 aromatic rings. The highest BCUT2D eigenvalue weighted by Crippen LogP contribution is 2.21. The molecule has 0 aliphatic heterocycles. The van der Waals surface area contributed by atoms with E-state index in [1.807, 2.05) is 68.4 Å². The van der Waals surface area contributed by atoms with Crippen LogP contribution in [0.1, 0.15) is 13.8 Å². The molecular weight excluding hydrogens is 236 g/mol. The lowest BCUT2D eigenvalue weighted by molar-refractivity contribution is 0.779. The maximum Gasteiger partial charge on any atom is 0.0858 e. The predicted octanol–water partition coefficient (Wildman–Crippen LogP) is 5.59. The average Bonchev–Trinajstić information content (AvgIpc) is 2.45. The predicted molar refractivity (Wildman–Crippen MR) is 76.7 cm³/mol. The molecule has 0 saturated heterocycles. The summed E-state index contributed by atoms with van der Waals surface area (Å²) in [4.78, 5) is 0. The van der Waals surface area contributed by atoms with Crippen LogP contribution in [-0.4, -0.2) is 6.04 Å². The zero-order valence-corrected chi connectivity index (χ0v) is 11.1. The second kappa shape index (κ2) is 6.54. The highest BCUT2D eigenvalue weighted by Gasteiger charge is 1.93. The first-order chi connectivity index (χ1) is 9.24. The van der Waals surface area contributed by atoms with Gasteiger partial charge in [0.15, 0.2) is 0 Å². The monoisotopic (exact) mass is 252 g/mol. The number of hydrogen-bond acceptors (Lipinski definition) is 4. The number of hydrogen-bond donors (Lipinski definition) is 0. The Morgan fingerprint density at radius 1 is 0.632 bits per heavy atom. The van der Waals surface area contributed by atoms with E-state index in [4.69, 9.17) is 0 Å². The highest BCUT2D eigenvalue weighted by molar-refractivity contribution is 5.47. The van der Waals surface area contributed by atoms with Crippen LogP contribution in [0.25, 0.3) is 0 Å². The molecule has 4 nitrogen and oxygen atoms in total. The molecule has 0 saturated carbocycles. The van der Waals surface area contributed by atoms with Gasteiger partial charge in [-0.25, -0.2) is 0 Å². The number of azo groups is 2. The Morgan fingerprint density at radius 3 is 1.63 bits per heavy atom. The smallest absolute Gasteiger partial charge is 0.0858 e. The molecule has 2 rings (SSSR count). The summed E-state index contributed by atoms with van der Waals surface area (Å²) in [7, 11) is 0. The molecule has 19 heavy (non-hydrogen) atoms. The lowest BCUT2D eigenvalue weighted by Gasteiger charge is -1.96. The van der Waals surface area contributed by atoms with Crippen molar-refractivity contribution in [2.45, 2.75) is 19.9 Å². The van der Waals surface area contributed by atoms with E-state index in [-0.39, 0.29) is 6.04 Å². The van der Waals surface area contributed by atoms with Crippen molar-refractivity contribution in [3.8, 4) is 0 Å². The molecule has 0 aliphatic carbocycles. The second-order valence-corrected chi connectivity index (χ2v) is 4.36. The van der Waals surface area contributed by atoms with Gasteiger partial charge in [0.1, 0.15) is 0 Å². The van der Waals surface area contributed by atoms with Crippen LogP contribution in [0.2, 0.25) is 0 Å². The summed E-state index contributed by atoms with van der Waals surface area (Å²) in [6, 6.07) is 17.4. The van der Waals surface area contributed by atoms with Crippen LogP contribution >= 0.6 is 0 Å². The summed E-state index contributed by atoms with van der Waals surface area (Å²) in [5.41, 5.74) is 2.46. The van der Waals surface area contributed by atoms with Crippen molar-refractivity contribution < 1.29 is 0 Å². The molecule has 0 heterocycles. The van der Waals surface area contributed by atoms with Crippen molar-refractivity contribution in [3.05, 3.63) is 54.6 Å². The minimum Gasteiger partial charge on any atom is -0.186 e. The molecule has 2 aromatic carbocycles. The van der Waals surface area contributed by atoms with Crippen molar-refractivity contribution in [1.82, 2.24) is 0 Å². The van der Waals surface area contributed by atoms with Crippen LogP contribution in [-0.2, 0) is 0 Å². The average molecular weight is 252 g/mol. The molecule has 0 atom stereocenters. The summed E-state index contributed by atoms with van der Waals surface area (Å²) in [6.45, 7) is 3.98. The van der Waals surface area contributed by atoms with Crippen molar-refractivity contribution in [2.75, 3.05) is 0 Å². The van der Waals surface area contributed by atoms with Gasteiger partial charge in [0.05, 0.1) is 23.1 Å². The van der Waals surface area contributed by atoms with Crippen LogP contribution in [0, 0.1) is 0 Å². The zero-order chi connectivity index (χ0) is 13.5. The number of nitrogens with zero attached hydrogens (tertiary/aromatic N) is 4. The van der Waals surface area contributed by atoms with E-state index in [0.717, 1.165) is 17.1 Å². The van der Waals surface area contributed by atoms with Gasteiger partial charge in [0, 0.05) is 0 Å². The van der Waals surface area contributed by atoms with E-state index in [1.54, 1.807) is 0 Å². The van der Waals surface area contributed by atoms with E-state index in [1.165, 1.54) is 0 Å². The van der Waals surface area contributed by atoms with Gasteiger partial charge in [-0.05, 0) is 50.2 Å². The van der Waals surface area contributed by atoms with Gasteiger partial charge in [-0.15, -0.1) is 0 Å². The molecule has 0 amide bonds. The Labute approximate surface area is 112 Å². The SMILES string of the molecule is CC(C)N=Nc1ccc(N=Nc2ccccc2)cc1. The Balaban J connectivity index is 2.05. The fourth-order valence-electron chi connectivity index (χ4n) is 1.38. The third kappa shape index (κ3) is 4.43. The maximum atomic E-state index is 4.17. The van der Waals surface area contributed by atoms with E-state index in [0.29, 0.717) is 0 Å². The van der Waals surface area contributed by atoms with Gasteiger partial charge in [0.25, 0.3) is 0 Å². The van der Waals surface area contributed by atoms with Crippen molar-refractivity contribution in [1.29, 1.82) is 0 Å². The van der Waals surface area contributed by atoms with Crippen LogP contribution in [0.4, 0.5) is 17.1 Å². The minimum atomic E-state index is 0.206.